The highest BCUT2D eigenvalue weighted by Gasteiger charge is 2.00. The van der Waals surface area contributed by atoms with Gasteiger partial charge in [0.2, 0.25) is 0 Å². The Morgan fingerprint density at radius 1 is 1.67 bits per heavy atom. The summed E-state index contributed by atoms with van der Waals surface area (Å²) in [5, 5.41) is 8.17. The van der Waals surface area contributed by atoms with Crippen LogP contribution in [0.4, 0.5) is 0 Å². The molecule has 68 valence electrons. The van der Waals surface area contributed by atoms with Gasteiger partial charge in [0.05, 0.1) is 24.2 Å². The second-order valence-electron chi connectivity index (χ2n) is 2.22. The van der Waals surface area contributed by atoms with Gasteiger partial charge in [-0.05, 0) is 6.42 Å². The van der Waals surface area contributed by atoms with Crippen molar-refractivity contribution in [3.63, 3.8) is 0 Å². The molecule has 0 heterocycles. The molecule has 0 unspecified atom stereocenters. The van der Waals surface area contributed by atoms with Crippen LogP contribution < -0.4 is 0 Å². The molecule has 4 heteroatoms. The van der Waals surface area contributed by atoms with Crippen LogP contribution in [-0.2, 0) is 9.53 Å². The molecule has 0 amide bonds. The summed E-state index contributed by atoms with van der Waals surface area (Å²) in [5.74, 6) is 0.420. The molecule has 0 atom stereocenters. The third-order valence-electron chi connectivity index (χ3n) is 1.15. The van der Waals surface area contributed by atoms with Gasteiger partial charge in [0.1, 0.15) is 0 Å². The van der Waals surface area contributed by atoms with Crippen LogP contribution in [0.5, 0.6) is 0 Å². The number of carbonyl (C=O) groups excluding carboxylic acids is 1. The van der Waals surface area contributed by atoms with Crippen LogP contribution in [0.1, 0.15) is 19.8 Å². The van der Waals surface area contributed by atoms with E-state index in [1.165, 1.54) is 11.8 Å². The van der Waals surface area contributed by atoms with Gasteiger partial charge in [-0.25, -0.2) is 0 Å². The van der Waals surface area contributed by atoms with Gasteiger partial charge in [0, 0.05) is 0 Å². The smallest absolute Gasteiger partial charge is 0.315 e. The summed E-state index contributed by atoms with van der Waals surface area (Å²) in [5.41, 5.74) is 0. The molecule has 0 aromatic heterocycles. The minimum Gasteiger partial charge on any atom is -0.465 e. The van der Waals surface area contributed by atoms with Crippen LogP contribution >= 0.6 is 11.8 Å². The maximum absolute atomic E-state index is 10.8. The van der Waals surface area contributed by atoms with E-state index in [0.29, 0.717) is 12.4 Å². The summed E-state index contributed by atoms with van der Waals surface area (Å²) in [4.78, 5) is 10.8. The third-order valence-corrected chi connectivity index (χ3v) is 1.92. The van der Waals surface area contributed by atoms with Gasteiger partial charge in [-0.3, -0.25) is 4.79 Å². The van der Waals surface area contributed by atoms with Crippen molar-refractivity contribution < 1.29 is 9.53 Å². The number of hydrogen-bond acceptors (Lipinski definition) is 4. The largest absolute Gasteiger partial charge is 0.465 e. The van der Waals surface area contributed by atoms with E-state index in [9.17, 15) is 4.79 Å². The number of thioether (sulfide) groups is 1. The van der Waals surface area contributed by atoms with Gasteiger partial charge >= 0.3 is 5.97 Å². The molecular formula is C8H13NO2S. The van der Waals surface area contributed by atoms with E-state index in [2.05, 4.69) is 0 Å². The molecule has 0 aliphatic carbocycles. The standard InChI is InChI=1S/C8H13NO2S/c1-2-3-5-11-8(10)7-12-6-4-9/h2-3,5-7H2,1H3. The molecule has 0 saturated carbocycles. The normalized spacial score (nSPS) is 9.00. The second-order valence-corrected chi connectivity index (χ2v) is 3.21. The van der Waals surface area contributed by atoms with Crippen molar-refractivity contribution in [1.29, 1.82) is 5.26 Å². The van der Waals surface area contributed by atoms with Gasteiger partial charge in [-0.2, -0.15) is 5.26 Å². The summed E-state index contributed by atoms with van der Waals surface area (Å²) in [6, 6.07) is 1.95. The van der Waals surface area contributed by atoms with Gasteiger partial charge in [-0.1, -0.05) is 13.3 Å². The van der Waals surface area contributed by atoms with Crippen molar-refractivity contribution in [2.45, 2.75) is 19.8 Å². The topological polar surface area (TPSA) is 50.1 Å². The molecule has 0 fully saturated rings. The lowest BCUT2D eigenvalue weighted by atomic mass is 10.4. The van der Waals surface area contributed by atoms with E-state index in [1.807, 2.05) is 13.0 Å². The van der Waals surface area contributed by atoms with Gasteiger partial charge in [0.15, 0.2) is 0 Å². The molecule has 0 radical (unpaired) electrons. The van der Waals surface area contributed by atoms with Crippen molar-refractivity contribution in [3.8, 4) is 6.07 Å². The molecule has 0 N–H and O–H groups in total. The number of nitrogens with zero attached hydrogens (tertiary/aromatic N) is 1. The molecule has 0 aliphatic rings. The number of carbonyl (C=O) groups is 1. The summed E-state index contributed by atoms with van der Waals surface area (Å²) >= 11 is 1.28. The number of ether oxygens (including phenoxy) is 1. The average Bonchev–Trinajstić information content (AvgIpc) is 2.06. The Hall–Kier alpha value is -0.690. The lowest BCUT2D eigenvalue weighted by Gasteiger charge is -2.01. The highest BCUT2D eigenvalue weighted by molar-refractivity contribution is 8.00. The maximum atomic E-state index is 10.8. The average molecular weight is 187 g/mol. The summed E-state index contributed by atoms with van der Waals surface area (Å²) in [6.45, 7) is 2.54. The highest BCUT2D eigenvalue weighted by Crippen LogP contribution is 1.99. The Morgan fingerprint density at radius 3 is 3.00 bits per heavy atom. The molecule has 0 aromatic carbocycles. The van der Waals surface area contributed by atoms with E-state index < -0.39 is 0 Å². The molecule has 0 spiro atoms. The first kappa shape index (κ1) is 11.3. The van der Waals surface area contributed by atoms with Crippen LogP contribution in [0.15, 0.2) is 0 Å². The maximum Gasteiger partial charge on any atom is 0.315 e. The van der Waals surface area contributed by atoms with E-state index in [-0.39, 0.29) is 11.7 Å². The summed E-state index contributed by atoms with van der Waals surface area (Å²) < 4.78 is 4.86. The van der Waals surface area contributed by atoms with E-state index >= 15 is 0 Å². The molecule has 0 rings (SSSR count). The quantitative estimate of drug-likeness (QED) is 0.468. The van der Waals surface area contributed by atoms with Crippen LogP contribution in [0, 0.1) is 11.3 Å². The Balaban J connectivity index is 3.17. The Kier molecular flexibility index (Phi) is 7.92. The molecular weight excluding hydrogens is 174 g/mol. The van der Waals surface area contributed by atoms with E-state index in [0.717, 1.165) is 12.8 Å². The predicted octanol–water partition coefficient (Wildman–Crippen LogP) is 1.59. The monoisotopic (exact) mass is 187 g/mol. The molecule has 0 aliphatic heterocycles. The Morgan fingerprint density at radius 2 is 2.42 bits per heavy atom. The Bertz CT molecular complexity index is 165. The molecule has 0 aromatic rings. The fourth-order valence-electron chi connectivity index (χ4n) is 0.552. The van der Waals surface area contributed by atoms with E-state index in [1.54, 1.807) is 0 Å². The first-order chi connectivity index (χ1) is 5.81. The molecule has 3 nitrogen and oxygen atoms in total. The van der Waals surface area contributed by atoms with Crippen molar-refractivity contribution in [3.05, 3.63) is 0 Å². The zero-order chi connectivity index (χ0) is 9.23. The van der Waals surface area contributed by atoms with Crippen molar-refractivity contribution in [2.75, 3.05) is 18.1 Å². The minimum atomic E-state index is -0.219. The first-order valence-corrected chi connectivity index (χ1v) is 5.07. The fourth-order valence-corrected chi connectivity index (χ4v) is 0.995. The molecule has 0 bridgehead atoms. The minimum absolute atomic E-state index is 0.219. The van der Waals surface area contributed by atoms with Crippen molar-refractivity contribution in [1.82, 2.24) is 0 Å². The zero-order valence-corrected chi connectivity index (χ0v) is 8.02. The van der Waals surface area contributed by atoms with Crippen LogP contribution in [0.3, 0.4) is 0 Å². The highest BCUT2D eigenvalue weighted by atomic mass is 32.2. The van der Waals surface area contributed by atoms with Gasteiger partial charge in [-0.15, -0.1) is 11.8 Å². The number of esters is 1. The lowest BCUT2D eigenvalue weighted by Crippen LogP contribution is -2.08. The van der Waals surface area contributed by atoms with Gasteiger partial charge in [0.25, 0.3) is 0 Å². The first-order valence-electron chi connectivity index (χ1n) is 3.91. The number of unbranched alkanes of at least 4 members (excludes halogenated alkanes) is 1. The number of nitriles is 1. The van der Waals surface area contributed by atoms with E-state index in [4.69, 9.17) is 10.00 Å². The second kappa shape index (κ2) is 8.41. The molecule has 12 heavy (non-hydrogen) atoms. The Labute approximate surface area is 77.1 Å². The van der Waals surface area contributed by atoms with Gasteiger partial charge < -0.3 is 4.74 Å². The SMILES string of the molecule is CCCCOC(=O)CSCC#N. The third kappa shape index (κ3) is 7.42. The van der Waals surface area contributed by atoms with Crippen LogP contribution in [-0.4, -0.2) is 24.1 Å². The van der Waals surface area contributed by atoms with Crippen LogP contribution in [0.25, 0.3) is 0 Å². The fraction of sp³-hybridized carbons (Fsp3) is 0.750. The molecule has 0 saturated heterocycles. The summed E-state index contributed by atoms with van der Waals surface area (Å²) in [6.07, 6.45) is 1.94. The van der Waals surface area contributed by atoms with Crippen molar-refractivity contribution in [2.24, 2.45) is 0 Å². The number of hydrogen-bond donors (Lipinski definition) is 0. The predicted molar refractivity (Wildman–Crippen MR) is 48.8 cm³/mol. The van der Waals surface area contributed by atoms with Crippen LogP contribution in [0.2, 0.25) is 0 Å². The lowest BCUT2D eigenvalue weighted by molar-refractivity contribution is -0.140. The zero-order valence-electron chi connectivity index (χ0n) is 7.21. The number of rotatable bonds is 6. The van der Waals surface area contributed by atoms with Crippen molar-refractivity contribution >= 4 is 17.7 Å². The summed E-state index contributed by atoms with van der Waals surface area (Å²) in [7, 11) is 0.